The molecule has 0 radical (unpaired) electrons. The van der Waals surface area contributed by atoms with Crippen molar-refractivity contribution >= 4 is 16.9 Å². The molecule has 0 saturated heterocycles. The van der Waals surface area contributed by atoms with Crippen LogP contribution >= 0.6 is 0 Å². The van der Waals surface area contributed by atoms with Crippen molar-refractivity contribution in [2.75, 3.05) is 6.54 Å². The first-order chi connectivity index (χ1) is 12.8. The lowest BCUT2D eigenvalue weighted by molar-refractivity contribution is 0.0937. The van der Waals surface area contributed by atoms with E-state index in [-0.39, 0.29) is 11.9 Å². The number of hydrogen-bond acceptors (Lipinski definition) is 4. The van der Waals surface area contributed by atoms with Crippen LogP contribution in [-0.4, -0.2) is 22.4 Å². The summed E-state index contributed by atoms with van der Waals surface area (Å²) in [7, 11) is 0. The Bertz CT molecular complexity index is 1040. The van der Waals surface area contributed by atoms with Crippen LogP contribution in [0.3, 0.4) is 0 Å². The molecule has 6 nitrogen and oxygen atoms in total. The van der Waals surface area contributed by atoms with Crippen molar-refractivity contribution < 1.29 is 9.21 Å². The number of carbonyl (C=O) groups excluding carboxylic acids is 1. The zero-order chi connectivity index (χ0) is 17.9. The highest BCUT2D eigenvalue weighted by Crippen LogP contribution is 2.29. The summed E-state index contributed by atoms with van der Waals surface area (Å²) < 4.78 is 5.62. The number of pyridine rings is 1. The molecule has 4 aromatic rings. The van der Waals surface area contributed by atoms with Gasteiger partial charge in [0.2, 0.25) is 0 Å². The maximum Gasteiger partial charge on any atom is 0.255 e. The number of nitrogens with one attached hydrogen (secondary N) is 2. The Balaban J connectivity index is 1.57. The van der Waals surface area contributed by atoms with E-state index >= 15 is 0 Å². The van der Waals surface area contributed by atoms with Gasteiger partial charge in [0, 0.05) is 29.9 Å². The number of nitrogens with zero attached hydrogens (tertiary/aromatic N) is 1. The quantitative estimate of drug-likeness (QED) is 0.517. The maximum atomic E-state index is 12.6. The number of H-pyrrole nitrogens is 1. The third-order valence-electron chi connectivity index (χ3n) is 4.32. The Morgan fingerprint density at radius 1 is 1.23 bits per heavy atom. The van der Waals surface area contributed by atoms with Crippen LogP contribution < -0.4 is 11.1 Å². The highest BCUT2D eigenvalue weighted by molar-refractivity contribution is 5.97. The summed E-state index contributed by atoms with van der Waals surface area (Å²) in [6, 6.07) is 14.9. The van der Waals surface area contributed by atoms with Crippen molar-refractivity contribution in [3.05, 3.63) is 78.3 Å². The van der Waals surface area contributed by atoms with Crippen LogP contribution in [0.5, 0.6) is 0 Å². The molecular weight excluding hydrogens is 328 g/mol. The molecule has 0 aliphatic rings. The van der Waals surface area contributed by atoms with E-state index < -0.39 is 0 Å². The summed E-state index contributed by atoms with van der Waals surface area (Å²) in [6.45, 7) is 0.314. The van der Waals surface area contributed by atoms with Gasteiger partial charge in [0.25, 0.3) is 5.91 Å². The van der Waals surface area contributed by atoms with Gasteiger partial charge in [0.15, 0.2) is 0 Å². The fraction of sp³-hybridized carbons (Fsp3) is 0.100. The number of rotatable bonds is 5. The minimum absolute atomic E-state index is 0.225. The number of fused-ring (bicyclic) bond motifs is 1. The van der Waals surface area contributed by atoms with E-state index in [9.17, 15) is 4.79 Å². The largest absolute Gasteiger partial charge is 0.463 e. The molecule has 0 fully saturated rings. The van der Waals surface area contributed by atoms with Crippen LogP contribution in [0.4, 0.5) is 0 Å². The van der Waals surface area contributed by atoms with Crippen LogP contribution in [0, 0.1) is 0 Å². The molecule has 26 heavy (non-hydrogen) atoms. The Morgan fingerprint density at radius 2 is 2.08 bits per heavy atom. The molecule has 0 saturated carbocycles. The summed E-state index contributed by atoms with van der Waals surface area (Å²) in [6.07, 6.45) is 5.00. The molecule has 4 rings (SSSR count). The summed E-state index contributed by atoms with van der Waals surface area (Å²) >= 11 is 0. The van der Waals surface area contributed by atoms with E-state index in [1.54, 1.807) is 12.3 Å². The lowest BCUT2D eigenvalue weighted by atomic mass is 10.1. The number of furan rings is 1. The Hall–Kier alpha value is -3.38. The highest BCUT2D eigenvalue weighted by Gasteiger charge is 2.18. The van der Waals surface area contributed by atoms with Gasteiger partial charge in [-0.1, -0.05) is 30.3 Å². The fourth-order valence-corrected chi connectivity index (χ4v) is 2.96. The van der Waals surface area contributed by atoms with Crippen molar-refractivity contribution in [1.82, 2.24) is 15.3 Å². The van der Waals surface area contributed by atoms with Crippen molar-refractivity contribution in [3.8, 4) is 11.3 Å². The normalized spacial score (nSPS) is 12.2. The lowest BCUT2D eigenvalue weighted by Crippen LogP contribution is -2.33. The fourth-order valence-electron chi connectivity index (χ4n) is 2.96. The van der Waals surface area contributed by atoms with Gasteiger partial charge in [-0.3, -0.25) is 4.79 Å². The molecule has 130 valence electrons. The monoisotopic (exact) mass is 346 g/mol. The number of amides is 1. The SMILES string of the molecule is NCC(NC(=O)c1coc(-c2c[nH]c3ncccc23)c1)c1ccccc1. The van der Waals surface area contributed by atoms with Gasteiger partial charge in [-0.2, -0.15) is 0 Å². The molecule has 1 amide bonds. The summed E-state index contributed by atoms with van der Waals surface area (Å²) in [5.41, 5.74) is 8.89. The van der Waals surface area contributed by atoms with E-state index in [1.165, 1.54) is 6.26 Å². The van der Waals surface area contributed by atoms with Crippen molar-refractivity contribution in [1.29, 1.82) is 0 Å². The number of hydrogen-bond donors (Lipinski definition) is 3. The third kappa shape index (κ3) is 2.98. The molecule has 0 bridgehead atoms. The highest BCUT2D eigenvalue weighted by atomic mass is 16.3. The predicted molar refractivity (Wildman–Crippen MR) is 99.5 cm³/mol. The Morgan fingerprint density at radius 3 is 2.88 bits per heavy atom. The topological polar surface area (TPSA) is 96.9 Å². The maximum absolute atomic E-state index is 12.6. The van der Waals surface area contributed by atoms with Crippen molar-refractivity contribution in [2.24, 2.45) is 5.73 Å². The van der Waals surface area contributed by atoms with Gasteiger partial charge in [0.1, 0.15) is 17.7 Å². The summed E-state index contributed by atoms with van der Waals surface area (Å²) in [5, 5.41) is 3.89. The Labute approximate surface area is 150 Å². The average molecular weight is 346 g/mol. The van der Waals surface area contributed by atoms with Crippen LogP contribution in [0.25, 0.3) is 22.4 Å². The molecule has 0 aliphatic heterocycles. The van der Waals surface area contributed by atoms with Crippen LogP contribution in [0.2, 0.25) is 0 Å². The standard InChI is InChI=1S/C20H18N4O2/c21-10-17(13-5-2-1-3-6-13)24-20(25)14-9-18(26-12-14)16-11-23-19-15(16)7-4-8-22-19/h1-9,11-12,17H,10,21H2,(H,22,23)(H,24,25). The van der Waals surface area contributed by atoms with E-state index in [4.69, 9.17) is 10.2 Å². The van der Waals surface area contributed by atoms with Gasteiger partial charge in [-0.25, -0.2) is 4.98 Å². The van der Waals surface area contributed by atoms with Gasteiger partial charge in [-0.15, -0.1) is 0 Å². The van der Waals surface area contributed by atoms with Crippen molar-refractivity contribution in [2.45, 2.75) is 6.04 Å². The molecule has 0 spiro atoms. The molecule has 3 heterocycles. The second-order valence-electron chi connectivity index (χ2n) is 5.97. The number of aromatic nitrogens is 2. The second kappa shape index (κ2) is 6.85. The second-order valence-corrected chi connectivity index (χ2v) is 5.97. The summed E-state index contributed by atoms with van der Waals surface area (Å²) in [4.78, 5) is 19.9. The van der Waals surface area contributed by atoms with E-state index in [0.717, 1.165) is 22.2 Å². The molecule has 1 aromatic carbocycles. The van der Waals surface area contributed by atoms with Crippen LogP contribution in [0.15, 0.2) is 71.6 Å². The van der Waals surface area contributed by atoms with Gasteiger partial charge >= 0.3 is 0 Å². The predicted octanol–water partition coefficient (Wildman–Crippen LogP) is 3.25. The summed E-state index contributed by atoms with van der Waals surface area (Å²) in [5.74, 6) is 0.385. The van der Waals surface area contributed by atoms with Gasteiger partial charge in [-0.05, 0) is 23.8 Å². The smallest absolute Gasteiger partial charge is 0.255 e. The van der Waals surface area contributed by atoms with E-state index in [0.29, 0.717) is 17.9 Å². The molecule has 6 heteroatoms. The molecule has 1 atom stereocenters. The van der Waals surface area contributed by atoms with Gasteiger partial charge in [0.05, 0.1) is 11.6 Å². The molecular formula is C20H18N4O2. The third-order valence-corrected chi connectivity index (χ3v) is 4.32. The first kappa shape index (κ1) is 16.1. The average Bonchev–Trinajstić information content (AvgIpc) is 3.33. The van der Waals surface area contributed by atoms with Crippen LogP contribution in [0.1, 0.15) is 22.0 Å². The number of benzene rings is 1. The molecule has 0 aliphatic carbocycles. The number of carbonyl (C=O) groups is 1. The molecule has 3 aromatic heterocycles. The Kier molecular flexibility index (Phi) is 4.25. The van der Waals surface area contributed by atoms with E-state index in [1.807, 2.05) is 48.7 Å². The van der Waals surface area contributed by atoms with Crippen molar-refractivity contribution in [3.63, 3.8) is 0 Å². The minimum atomic E-state index is -0.251. The first-order valence-corrected chi connectivity index (χ1v) is 8.33. The first-order valence-electron chi connectivity index (χ1n) is 8.33. The molecule has 1 unspecified atom stereocenters. The zero-order valence-electron chi connectivity index (χ0n) is 14.0. The minimum Gasteiger partial charge on any atom is -0.463 e. The van der Waals surface area contributed by atoms with Crippen LogP contribution in [-0.2, 0) is 0 Å². The van der Waals surface area contributed by atoms with Gasteiger partial charge < -0.3 is 20.5 Å². The van der Waals surface area contributed by atoms with E-state index in [2.05, 4.69) is 15.3 Å². The number of nitrogens with two attached hydrogens (primary N) is 1. The number of aromatic amines is 1. The molecule has 4 N–H and O–H groups in total. The zero-order valence-corrected chi connectivity index (χ0v) is 14.0. The lowest BCUT2D eigenvalue weighted by Gasteiger charge is -2.16.